The Labute approximate surface area is 105 Å². The number of phenolic OH excluding ortho intramolecular Hbond substituents is 1. The molecule has 0 heterocycles. The average Bonchev–Trinajstić information content (AvgIpc) is 2.30. The van der Waals surface area contributed by atoms with Crippen LogP contribution in [-0.4, -0.2) is 22.5 Å². The van der Waals surface area contributed by atoms with Crippen LogP contribution in [0.15, 0.2) is 48.5 Å². The summed E-state index contributed by atoms with van der Waals surface area (Å²) in [4.78, 5) is 0. The van der Waals surface area contributed by atoms with E-state index in [-0.39, 0.29) is 23.1 Å². The maximum atomic E-state index is 9.14. The van der Waals surface area contributed by atoms with E-state index in [1.54, 1.807) is 24.3 Å². The Morgan fingerprint density at radius 2 is 1.25 bits per heavy atom. The Balaban J connectivity index is 0.00000128. The summed E-state index contributed by atoms with van der Waals surface area (Å²) in [6, 6.07) is 16.4. The van der Waals surface area contributed by atoms with Crippen molar-refractivity contribution in [2.75, 3.05) is 0 Å². The lowest BCUT2D eigenvalue weighted by atomic mass is 10.0. The van der Waals surface area contributed by atoms with Crippen molar-refractivity contribution in [1.82, 2.24) is 0 Å². The van der Waals surface area contributed by atoms with Crippen molar-refractivity contribution in [3.63, 3.8) is 0 Å². The van der Waals surface area contributed by atoms with Crippen molar-refractivity contribution in [3.8, 4) is 22.9 Å². The van der Waals surface area contributed by atoms with Gasteiger partial charge in [0, 0.05) is 0 Å². The highest BCUT2D eigenvalue weighted by Gasteiger charge is 1.97. The zero-order valence-corrected chi connectivity index (χ0v) is 8.01. The number of phenols is 1. The number of aromatic hydroxyl groups is 1. The molecule has 0 aromatic heterocycles. The summed E-state index contributed by atoms with van der Waals surface area (Å²) in [7, 11) is 0. The highest BCUT2D eigenvalue weighted by atomic mass is 27.0. The minimum absolute atomic E-state index is 0. The first-order valence-corrected chi connectivity index (χ1v) is 4.59. The van der Waals surface area contributed by atoms with Crippen LogP contribution in [0.3, 0.4) is 0 Å². The molecular formula is C13H12AlNO. The molecule has 0 aliphatic rings. The molecule has 2 rings (SSSR count). The summed E-state index contributed by atoms with van der Waals surface area (Å²) in [6.45, 7) is 0. The van der Waals surface area contributed by atoms with E-state index in [2.05, 4.69) is 6.07 Å². The van der Waals surface area contributed by atoms with E-state index in [0.29, 0.717) is 5.56 Å². The molecule has 0 bridgehead atoms. The Kier molecular flexibility index (Phi) is 4.14. The van der Waals surface area contributed by atoms with E-state index in [4.69, 9.17) is 10.4 Å². The SMILES string of the molecule is N#Cc1ccc(-c2ccc(O)cc2)cc1.[AlH3]. The van der Waals surface area contributed by atoms with E-state index in [1.165, 1.54) is 0 Å². The molecule has 3 heteroatoms. The van der Waals surface area contributed by atoms with Crippen molar-refractivity contribution < 1.29 is 5.11 Å². The van der Waals surface area contributed by atoms with Crippen molar-refractivity contribution in [3.05, 3.63) is 54.1 Å². The molecule has 0 amide bonds. The van der Waals surface area contributed by atoms with Crippen LogP contribution in [0.2, 0.25) is 0 Å². The lowest BCUT2D eigenvalue weighted by Gasteiger charge is -2.01. The molecule has 0 aliphatic heterocycles. The van der Waals surface area contributed by atoms with Gasteiger partial charge >= 0.3 is 0 Å². The second kappa shape index (κ2) is 5.37. The lowest BCUT2D eigenvalue weighted by molar-refractivity contribution is 0.475. The molecule has 0 fully saturated rings. The largest absolute Gasteiger partial charge is 0.508 e. The Bertz CT molecular complexity index is 497. The van der Waals surface area contributed by atoms with Gasteiger partial charge in [0.1, 0.15) is 5.75 Å². The summed E-state index contributed by atoms with van der Waals surface area (Å²) < 4.78 is 0. The highest BCUT2D eigenvalue weighted by Crippen LogP contribution is 2.21. The van der Waals surface area contributed by atoms with E-state index < -0.39 is 0 Å². The first-order valence-electron chi connectivity index (χ1n) is 4.59. The van der Waals surface area contributed by atoms with Gasteiger partial charge in [-0.1, -0.05) is 24.3 Å². The van der Waals surface area contributed by atoms with Crippen molar-refractivity contribution in [2.45, 2.75) is 0 Å². The van der Waals surface area contributed by atoms with Gasteiger partial charge in [0.05, 0.1) is 11.6 Å². The van der Waals surface area contributed by atoms with Crippen LogP contribution in [0.1, 0.15) is 5.56 Å². The summed E-state index contributed by atoms with van der Waals surface area (Å²) in [5.41, 5.74) is 2.71. The van der Waals surface area contributed by atoms with Crippen LogP contribution in [0.25, 0.3) is 11.1 Å². The lowest BCUT2D eigenvalue weighted by Crippen LogP contribution is -1.78. The third kappa shape index (κ3) is 2.64. The number of hydrogen-bond acceptors (Lipinski definition) is 2. The van der Waals surface area contributed by atoms with E-state index in [0.717, 1.165) is 11.1 Å². The normalized spacial score (nSPS) is 8.94. The summed E-state index contributed by atoms with van der Waals surface area (Å²) in [6.07, 6.45) is 0. The standard InChI is InChI=1S/C13H9NO.Al.3H/c14-9-10-1-3-11(4-2-10)12-5-7-13(15)8-6-12;;;;/h1-8,15H;;;;. The van der Waals surface area contributed by atoms with Gasteiger partial charge in [-0.05, 0) is 35.4 Å². The van der Waals surface area contributed by atoms with Crippen LogP contribution in [0, 0.1) is 11.3 Å². The van der Waals surface area contributed by atoms with E-state index in [1.807, 2.05) is 24.3 Å². The third-order valence-electron chi connectivity index (χ3n) is 2.21. The molecule has 2 aromatic rings. The second-order valence-electron chi connectivity index (χ2n) is 3.24. The van der Waals surface area contributed by atoms with Crippen LogP contribution in [-0.2, 0) is 0 Å². The smallest absolute Gasteiger partial charge is 0.187 e. The third-order valence-corrected chi connectivity index (χ3v) is 2.21. The fourth-order valence-electron chi connectivity index (χ4n) is 1.39. The Morgan fingerprint density at radius 3 is 1.69 bits per heavy atom. The highest BCUT2D eigenvalue weighted by molar-refractivity contribution is 5.75. The van der Waals surface area contributed by atoms with Crippen LogP contribution in [0.5, 0.6) is 5.75 Å². The first kappa shape index (κ1) is 12.3. The molecule has 0 unspecified atom stereocenters. The zero-order chi connectivity index (χ0) is 10.7. The molecule has 0 radical (unpaired) electrons. The molecule has 0 atom stereocenters. The van der Waals surface area contributed by atoms with Crippen molar-refractivity contribution >= 4 is 17.4 Å². The molecule has 2 aromatic carbocycles. The van der Waals surface area contributed by atoms with Gasteiger partial charge in [0.25, 0.3) is 0 Å². The summed E-state index contributed by atoms with van der Waals surface area (Å²) >= 11 is 0. The van der Waals surface area contributed by atoms with Gasteiger partial charge in [-0.25, -0.2) is 0 Å². The van der Waals surface area contributed by atoms with Gasteiger partial charge in [-0.15, -0.1) is 0 Å². The van der Waals surface area contributed by atoms with Gasteiger partial charge in [-0.2, -0.15) is 5.26 Å². The minimum Gasteiger partial charge on any atom is -0.508 e. The molecule has 0 spiro atoms. The van der Waals surface area contributed by atoms with Gasteiger partial charge < -0.3 is 5.11 Å². The molecule has 78 valence electrons. The molecule has 0 aliphatic carbocycles. The zero-order valence-electron chi connectivity index (χ0n) is 8.01. The average molecular weight is 225 g/mol. The number of nitriles is 1. The van der Waals surface area contributed by atoms with Gasteiger partial charge in [0.2, 0.25) is 0 Å². The number of benzene rings is 2. The maximum Gasteiger partial charge on any atom is 0.187 e. The number of rotatable bonds is 1. The van der Waals surface area contributed by atoms with Crippen LogP contribution >= 0.6 is 0 Å². The minimum atomic E-state index is 0. The molecule has 1 N–H and O–H groups in total. The van der Waals surface area contributed by atoms with Crippen LogP contribution < -0.4 is 0 Å². The quantitative estimate of drug-likeness (QED) is 0.751. The van der Waals surface area contributed by atoms with Crippen molar-refractivity contribution in [1.29, 1.82) is 5.26 Å². The topological polar surface area (TPSA) is 44.0 Å². The second-order valence-corrected chi connectivity index (χ2v) is 3.24. The molecular weight excluding hydrogens is 213 g/mol. The monoisotopic (exact) mass is 225 g/mol. The number of nitrogens with zero attached hydrogens (tertiary/aromatic N) is 1. The first-order chi connectivity index (χ1) is 7.29. The Morgan fingerprint density at radius 1 is 0.812 bits per heavy atom. The van der Waals surface area contributed by atoms with E-state index >= 15 is 0 Å². The fraction of sp³-hybridized carbons (Fsp3) is 0. The maximum absolute atomic E-state index is 9.14. The molecule has 2 nitrogen and oxygen atoms in total. The van der Waals surface area contributed by atoms with Crippen molar-refractivity contribution in [2.24, 2.45) is 0 Å². The van der Waals surface area contributed by atoms with Crippen LogP contribution in [0.4, 0.5) is 0 Å². The summed E-state index contributed by atoms with van der Waals surface area (Å²) in [5, 5.41) is 17.8. The number of hydrogen-bond donors (Lipinski definition) is 1. The predicted molar refractivity (Wildman–Crippen MR) is 68.2 cm³/mol. The molecule has 0 saturated carbocycles. The summed E-state index contributed by atoms with van der Waals surface area (Å²) in [5.74, 6) is 0.257. The molecule has 0 saturated heterocycles. The Hall–Kier alpha value is -1.74. The van der Waals surface area contributed by atoms with Gasteiger partial charge in [-0.3, -0.25) is 0 Å². The predicted octanol–water partition coefficient (Wildman–Crippen LogP) is 1.75. The van der Waals surface area contributed by atoms with E-state index in [9.17, 15) is 0 Å². The fourth-order valence-corrected chi connectivity index (χ4v) is 1.39. The van der Waals surface area contributed by atoms with Gasteiger partial charge in [0.15, 0.2) is 17.4 Å². The molecule has 16 heavy (non-hydrogen) atoms.